The Bertz CT molecular complexity index is 723. The number of oxime groups is 1. The lowest BCUT2D eigenvalue weighted by atomic mass is 10.1. The number of nitrogens with two attached hydrogens (primary N) is 1. The zero-order chi connectivity index (χ0) is 15.6. The summed E-state index contributed by atoms with van der Waals surface area (Å²) < 4.78 is 2.12. The molecule has 1 aromatic heterocycles. The van der Waals surface area contributed by atoms with Gasteiger partial charge in [-0.1, -0.05) is 16.8 Å². The van der Waals surface area contributed by atoms with Crippen LogP contribution in [0, 0.1) is 6.92 Å². The minimum atomic E-state index is -0.318. The molecule has 0 unspecified atom stereocenters. The van der Waals surface area contributed by atoms with E-state index in [1.165, 1.54) is 10.9 Å². The van der Waals surface area contributed by atoms with Crippen LogP contribution in [0.3, 0.4) is 0 Å². The molecule has 0 atom stereocenters. The number of carbonyl (C=O) groups excluding carboxylic acids is 1. The largest absolute Gasteiger partial charge is 0.409 e. The first-order valence-electron chi connectivity index (χ1n) is 6.01. The van der Waals surface area contributed by atoms with E-state index in [1.54, 1.807) is 19.2 Å². The number of halogens is 1. The van der Waals surface area contributed by atoms with Crippen molar-refractivity contribution in [1.82, 2.24) is 9.78 Å². The van der Waals surface area contributed by atoms with Gasteiger partial charge in [0.2, 0.25) is 0 Å². The fraction of sp³-hybridized carbons (Fsp3) is 0.154. The molecule has 0 aliphatic carbocycles. The van der Waals surface area contributed by atoms with E-state index in [4.69, 9.17) is 10.9 Å². The van der Waals surface area contributed by atoms with Gasteiger partial charge in [-0.2, -0.15) is 5.10 Å². The number of hydrogen-bond acceptors (Lipinski definition) is 4. The molecule has 1 aromatic carbocycles. The maximum atomic E-state index is 12.4. The Morgan fingerprint density at radius 3 is 2.86 bits per heavy atom. The third kappa shape index (κ3) is 3.05. The Morgan fingerprint density at radius 2 is 2.19 bits per heavy atom. The molecule has 4 N–H and O–H groups in total. The molecule has 8 heteroatoms. The van der Waals surface area contributed by atoms with E-state index in [1.807, 2.05) is 13.0 Å². The van der Waals surface area contributed by atoms with E-state index in [0.29, 0.717) is 21.4 Å². The first kappa shape index (κ1) is 15.0. The van der Waals surface area contributed by atoms with Gasteiger partial charge in [0.25, 0.3) is 5.91 Å². The predicted molar refractivity (Wildman–Crippen MR) is 82.6 cm³/mol. The van der Waals surface area contributed by atoms with E-state index in [0.717, 1.165) is 5.56 Å². The summed E-state index contributed by atoms with van der Waals surface area (Å²) >= 11 is 3.34. The number of aryl methyl sites for hydroxylation is 2. The van der Waals surface area contributed by atoms with E-state index in [-0.39, 0.29) is 11.7 Å². The van der Waals surface area contributed by atoms with Gasteiger partial charge < -0.3 is 16.3 Å². The fourth-order valence-corrected chi connectivity index (χ4v) is 2.24. The quantitative estimate of drug-likeness (QED) is 0.339. The molecule has 0 bridgehead atoms. The summed E-state index contributed by atoms with van der Waals surface area (Å²) in [5, 5.41) is 18.4. The number of carbonyl (C=O) groups is 1. The molecule has 2 aromatic rings. The van der Waals surface area contributed by atoms with Crippen molar-refractivity contribution in [3.8, 4) is 0 Å². The first-order chi connectivity index (χ1) is 9.93. The van der Waals surface area contributed by atoms with Crippen LogP contribution in [0.25, 0.3) is 0 Å². The van der Waals surface area contributed by atoms with Crippen molar-refractivity contribution in [1.29, 1.82) is 0 Å². The molecular formula is C13H14BrN5O2. The summed E-state index contributed by atoms with van der Waals surface area (Å²) in [6.45, 7) is 1.90. The van der Waals surface area contributed by atoms with Crippen LogP contribution in [0.5, 0.6) is 0 Å². The van der Waals surface area contributed by atoms with Gasteiger partial charge in [0.05, 0.1) is 17.3 Å². The molecule has 0 spiro atoms. The van der Waals surface area contributed by atoms with Gasteiger partial charge in [0.15, 0.2) is 5.84 Å². The molecule has 2 rings (SSSR count). The highest BCUT2D eigenvalue weighted by atomic mass is 79.9. The summed E-state index contributed by atoms with van der Waals surface area (Å²) in [7, 11) is 1.65. The predicted octanol–water partition coefficient (Wildman–Crippen LogP) is 1.84. The van der Waals surface area contributed by atoms with Crippen LogP contribution >= 0.6 is 15.9 Å². The third-order valence-corrected chi connectivity index (χ3v) is 3.61. The Hall–Kier alpha value is -2.35. The van der Waals surface area contributed by atoms with Gasteiger partial charge in [-0.25, -0.2) is 0 Å². The van der Waals surface area contributed by atoms with Crippen molar-refractivity contribution in [3.05, 3.63) is 45.6 Å². The molecule has 1 heterocycles. The van der Waals surface area contributed by atoms with Crippen molar-refractivity contribution in [2.24, 2.45) is 17.9 Å². The first-order valence-corrected chi connectivity index (χ1v) is 6.80. The zero-order valence-corrected chi connectivity index (χ0v) is 13.0. The Kier molecular flexibility index (Phi) is 4.27. The molecule has 0 aliphatic rings. The number of hydrogen-bond donors (Lipinski definition) is 3. The molecule has 0 radical (unpaired) electrons. The van der Waals surface area contributed by atoms with Gasteiger partial charge in [0, 0.05) is 11.5 Å². The van der Waals surface area contributed by atoms with Gasteiger partial charge in [-0.3, -0.25) is 9.48 Å². The number of aromatic nitrogens is 2. The van der Waals surface area contributed by atoms with Crippen LogP contribution in [-0.4, -0.2) is 26.7 Å². The lowest BCUT2D eigenvalue weighted by molar-refractivity contribution is 0.102. The molecular weight excluding hydrogens is 338 g/mol. The van der Waals surface area contributed by atoms with E-state index >= 15 is 0 Å². The van der Waals surface area contributed by atoms with E-state index in [2.05, 4.69) is 31.5 Å². The van der Waals surface area contributed by atoms with Crippen LogP contribution < -0.4 is 11.1 Å². The van der Waals surface area contributed by atoms with Crippen LogP contribution in [0.4, 0.5) is 5.82 Å². The lowest BCUT2D eigenvalue weighted by Crippen LogP contribution is -2.20. The number of anilines is 1. The fourth-order valence-electron chi connectivity index (χ4n) is 1.82. The average molecular weight is 352 g/mol. The van der Waals surface area contributed by atoms with Crippen molar-refractivity contribution in [3.63, 3.8) is 0 Å². The second kappa shape index (κ2) is 5.96. The van der Waals surface area contributed by atoms with E-state index < -0.39 is 0 Å². The number of amides is 1. The zero-order valence-electron chi connectivity index (χ0n) is 11.5. The summed E-state index contributed by atoms with van der Waals surface area (Å²) in [5.74, 6) is -0.0911. The Morgan fingerprint density at radius 1 is 1.48 bits per heavy atom. The smallest absolute Gasteiger partial charge is 0.257 e. The molecule has 110 valence electrons. The lowest BCUT2D eigenvalue weighted by Gasteiger charge is -2.09. The van der Waals surface area contributed by atoms with Gasteiger partial charge >= 0.3 is 0 Å². The van der Waals surface area contributed by atoms with Crippen LogP contribution in [0.1, 0.15) is 21.5 Å². The summed E-state index contributed by atoms with van der Waals surface area (Å²) in [5.41, 5.74) is 7.36. The van der Waals surface area contributed by atoms with Crippen molar-refractivity contribution in [2.75, 3.05) is 5.32 Å². The SMILES string of the molecule is Cc1ccc(Br)c(C(=O)Nc2c(/C(N)=N/O)cnn2C)c1. The van der Waals surface area contributed by atoms with Crippen LogP contribution in [0.15, 0.2) is 34.0 Å². The molecule has 21 heavy (non-hydrogen) atoms. The number of nitrogens with one attached hydrogen (secondary N) is 1. The number of nitrogens with zero attached hydrogens (tertiary/aromatic N) is 3. The molecule has 0 saturated carbocycles. The maximum absolute atomic E-state index is 12.4. The summed E-state index contributed by atoms with van der Waals surface area (Å²) in [6, 6.07) is 5.46. The van der Waals surface area contributed by atoms with E-state index in [9.17, 15) is 4.79 Å². The molecule has 0 fully saturated rings. The number of amidine groups is 1. The second-order valence-electron chi connectivity index (χ2n) is 4.45. The summed E-state index contributed by atoms with van der Waals surface area (Å²) in [6.07, 6.45) is 1.41. The number of rotatable bonds is 3. The highest BCUT2D eigenvalue weighted by Crippen LogP contribution is 2.21. The maximum Gasteiger partial charge on any atom is 0.257 e. The molecule has 1 amide bonds. The van der Waals surface area contributed by atoms with Crippen LogP contribution in [0.2, 0.25) is 0 Å². The summed E-state index contributed by atoms with van der Waals surface area (Å²) in [4.78, 5) is 12.4. The molecule has 0 aliphatic heterocycles. The highest BCUT2D eigenvalue weighted by molar-refractivity contribution is 9.10. The minimum absolute atomic E-state index is 0.123. The van der Waals surface area contributed by atoms with Crippen molar-refractivity contribution in [2.45, 2.75) is 6.92 Å². The molecule has 0 saturated heterocycles. The monoisotopic (exact) mass is 351 g/mol. The minimum Gasteiger partial charge on any atom is -0.409 e. The van der Waals surface area contributed by atoms with Crippen molar-refractivity contribution >= 4 is 33.5 Å². The third-order valence-electron chi connectivity index (χ3n) is 2.92. The Balaban J connectivity index is 2.36. The van der Waals surface area contributed by atoms with Gasteiger partial charge in [-0.15, -0.1) is 0 Å². The van der Waals surface area contributed by atoms with Gasteiger partial charge in [0.1, 0.15) is 5.82 Å². The van der Waals surface area contributed by atoms with Gasteiger partial charge in [-0.05, 0) is 35.0 Å². The highest BCUT2D eigenvalue weighted by Gasteiger charge is 2.17. The Labute approximate surface area is 129 Å². The number of benzene rings is 1. The van der Waals surface area contributed by atoms with Crippen molar-refractivity contribution < 1.29 is 10.0 Å². The average Bonchev–Trinajstić information content (AvgIpc) is 2.82. The normalized spacial score (nSPS) is 11.5. The molecule has 7 nitrogen and oxygen atoms in total. The topological polar surface area (TPSA) is 106 Å². The van der Waals surface area contributed by atoms with Crippen LogP contribution in [-0.2, 0) is 7.05 Å². The standard InChI is InChI=1S/C13H14BrN5O2/c1-7-3-4-10(14)8(5-7)13(20)17-12-9(11(15)18-21)6-16-19(12)2/h3-6,21H,1-2H3,(H2,15,18)(H,17,20). The second-order valence-corrected chi connectivity index (χ2v) is 5.31.